The van der Waals surface area contributed by atoms with Crippen molar-refractivity contribution in [1.82, 2.24) is 10.6 Å². The molecule has 0 saturated carbocycles. The van der Waals surface area contributed by atoms with Gasteiger partial charge >= 0.3 is 0 Å². The van der Waals surface area contributed by atoms with E-state index in [2.05, 4.69) is 24.5 Å². The van der Waals surface area contributed by atoms with Gasteiger partial charge in [-0.3, -0.25) is 9.59 Å². The van der Waals surface area contributed by atoms with Crippen LogP contribution in [0.15, 0.2) is 60.7 Å². The van der Waals surface area contributed by atoms with Gasteiger partial charge in [0.15, 0.2) is 0 Å². The molecular formula is C25H34N2O2. The molecule has 0 bridgehead atoms. The Morgan fingerprint density at radius 3 is 1.79 bits per heavy atom. The van der Waals surface area contributed by atoms with E-state index in [1.54, 1.807) is 0 Å². The molecule has 2 aromatic carbocycles. The summed E-state index contributed by atoms with van der Waals surface area (Å²) in [7, 11) is 0. The molecule has 0 fully saturated rings. The number of carbonyl (C=O) groups is 2. The van der Waals surface area contributed by atoms with Gasteiger partial charge in [-0.1, -0.05) is 63.1 Å². The Morgan fingerprint density at radius 1 is 0.759 bits per heavy atom. The molecule has 4 heteroatoms. The molecule has 2 amide bonds. The molecule has 0 aliphatic heterocycles. The lowest BCUT2D eigenvalue weighted by atomic mass is 9.76. The van der Waals surface area contributed by atoms with Gasteiger partial charge in [0.2, 0.25) is 0 Å². The number of amides is 2. The van der Waals surface area contributed by atoms with Gasteiger partial charge in [-0.25, -0.2) is 0 Å². The van der Waals surface area contributed by atoms with Crippen LogP contribution in [0, 0.1) is 5.41 Å². The Bertz CT molecular complexity index is 746. The van der Waals surface area contributed by atoms with Crippen molar-refractivity contribution in [3.63, 3.8) is 0 Å². The van der Waals surface area contributed by atoms with Gasteiger partial charge in [0, 0.05) is 24.2 Å². The third kappa shape index (κ3) is 7.37. The standard InChI is InChI=1S/C25H34N2O2/c1-3-5-17-25(4-2,20-27-24(29)22-15-10-7-11-16-22)18-12-19-26-23(28)21-13-8-6-9-14-21/h6-11,13-16H,3-5,12,17-20H2,1-2H3,(H,26,28)(H,27,29)/t25-/m0/s1. The predicted molar refractivity (Wildman–Crippen MR) is 119 cm³/mol. The molecular weight excluding hydrogens is 360 g/mol. The van der Waals surface area contributed by atoms with Gasteiger partial charge in [0.05, 0.1) is 0 Å². The molecule has 0 aliphatic carbocycles. The maximum atomic E-state index is 12.5. The summed E-state index contributed by atoms with van der Waals surface area (Å²) < 4.78 is 0. The van der Waals surface area contributed by atoms with Gasteiger partial charge < -0.3 is 10.6 Å². The van der Waals surface area contributed by atoms with E-state index in [1.807, 2.05) is 60.7 Å². The minimum Gasteiger partial charge on any atom is -0.352 e. The number of nitrogens with one attached hydrogen (secondary N) is 2. The predicted octanol–water partition coefficient (Wildman–Crippen LogP) is 5.21. The smallest absolute Gasteiger partial charge is 0.251 e. The molecule has 156 valence electrons. The van der Waals surface area contributed by atoms with Gasteiger partial charge in [-0.05, 0) is 55.4 Å². The number of hydrogen-bond acceptors (Lipinski definition) is 2. The van der Waals surface area contributed by atoms with Crippen LogP contribution in [-0.2, 0) is 0 Å². The number of rotatable bonds is 12. The number of carbonyl (C=O) groups excluding carboxylic acids is 2. The van der Waals surface area contributed by atoms with Gasteiger partial charge in [-0.15, -0.1) is 0 Å². The molecule has 0 spiro atoms. The van der Waals surface area contributed by atoms with E-state index in [1.165, 1.54) is 0 Å². The first-order valence-electron chi connectivity index (χ1n) is 10.8. The lowest BCUT2D eigenvalue weighted by Crippen LogP contribution is -2.38. The van der Waals surface area contributed by atoms with Crippen LogP contribution in [0.25, 0.3) is 0 Å². The summed E-state index contributed by atoms with van der Waals surface area (Å²) in [6, 6.07) is 18.7. The Hall–Kier alpha value is -2.62. The summed E-state index contributed by atoms with van der Waals surface area (Å²) in [5.41, 5.74) is 1.45. The van der Waals surface area contributed by atoms with E-state index >= 15 is 0 Å². The molecule has 0 radical (unpaired) electrons. The number of hydrogen-bond donors (Lipinski definition) is 2. The van der Waals surface area contributed by atoms with Crippen LogP contribution >= 0.6 is 0 Å². The van der Waals surface area contributed by atoms with E-state index in [0.717, 1.165) is 38.5 Å². The minimum absolute atomic E-state index is 0.0164. The molecule has 0 aromatic heterocycles. The van der Waals surface area contributed by atoms with Crippen LogP contribution < -0.4 is 10.6 Å². The molecule has 2 rings (SSSR count). The zero-order chi connectivity index (χ0) is 21.0. The highest BCUT2D eigenvalue weighted by atomic mass is 16.2. The van der Waals surface area contributed by atoms with Crippen molar-refractivity contribution < 1.29 is 9.59 Å². The summed E-state index contributed by atoms with van der Waals surface area (Å²) in [6.07, 6.45) is 6.26. The Balaban J connectivity index is 1.88. The van der Waals surface area contributed by atoms with Crippen LogP contribution in [0.1, 0.15) is 73.1 Å². The normalized spacial score (nSPS) is 12.8. The Labute approximate surface area is 175 Å². The van der Waals surface area contributed by atoms with E-state index in [4.69, 9.17) is 0 Å². The van der Waals surface area contributed by atoms with E-state index < -0.39 is 0 Å². The second kappa shape index (κ2) is 12.1. The van der Waals surface area contributed by atoms with Crippen molar-refractivity contribution in [1.29, 1.82) is 0 Å². The lowest BCUT2D eigenvalue weighted by molar-refractivity contribution is 0.0916. The molecule has 4 nitrogen and oxygen atoms in total. The van der Waals surface area contributed by atoms with Crippen molar-refractivity contribution >= 4 is 11.8 Å². The van der Waals surface area contributed by atoms with Crippen molar-refractivity contribution in [3.05, 3.63) is 71.8 Å². The average Bonchev–Trinajstić information content (AvgIpc) is 2.79. The first kappa shape index (κ1) is 22.7. The monoisotopic (exact) mass is 394 g/mol. The number of benzene rings is 2. The van der Waals surface area contributed by atoms with Crippen molar-refractivity contribution in [2.45, 2.75) is 52.4 Å². The first-order valence-corrected chi connectivity index (χ1v) is 10.8. The third-order valence-electron chi connectivity index (χ3n) is 5.68. The quantitative estimate of drug-likeness (QED) is 0.485. The SMILES string of the molecule is CCCC[C@@](CC)(CCCNC(=O)c1ccccc1)CNC(=O)c1ccccc1. The van der Waals surface area contributed by atoms with Crippen molar-refractivity contribution in [2.75, 3.05) is 13.1 Å². The largest absolute Gasteiger partial charge is 0.352 e. The summed E-state index contributed by atoms with van der Waals surface area (Å²) >= 11 is 0. The molecule has 2 N–H and O–H groups in total. The zero-order valence-electron chi connectivity index (χ0n) is 17.7. The lowest BCUT2D eigenvalue weighted by Gasteiger charge is -2.33. The fourth-order valence-corrected chi connectivity index (χ4v) is 3.65. The maximum absolute atomic E-state index is 12.5. The second-order valence-corrected chi connectivity index (χ2v) is 7.73. The first-order chi connectivity index (χ1) is 14.1. The fourth-order valence-electron chi connectivity index (χ4n) is 3.65. The third-order valence-corrected chi connectivity index (χ3v) is 5.68. The Kier molecular flexibility index (Phi) is 9.42. The highest BCUT2D eigenvalue weighted by Gasteiger charge is 2.28. The summed E-state index contributed by atoms with van der Waals surface area (Å²) in [5.74, 6) is -0.0454. The van der Waals surface area contributed by atoms with Crippen LogP contribution in [0.5, 0.6) is 0 Å². The molecule has 0 heterocycles. The van der Waals surface area contributed by atoms with Gasteiger partial charge in [0.1, 0.15) is 0 Å². The summed E-state index contributed by atoms with van der Waals surface area (Å²) in [5, 5.41) is 6.17. The van der Waals surface area contributed by atoms with Crippen LogP contribution in [-0.4, -0.2) is 24.9 Å². The van der Waals surface area contributed by atoms with Gasteiger partial charge in [-0.2, -0.15) is 0 Å². The van der Waals surface area contributed by atoms with E-state index in [0.29, 0.717) is 24.2 Å². The average molecular weight is 395 g/mol. The topological polar surface area (TPSA) is 58.2 Å². The second-order valence-electron chi connectivity index (χ2n) is 7.73. The Morgan fingerprint density at radius 2 is 1.28 bits per heavy atom. The summed E-state index contributed by atoms with van der Waals surface area (Å²) in [4.78, 5) is 24.7. The fraction of sp³-hybridized carbons (Fsp3) is 0.440. The zero-order valence-corrected chi connectivity index (χ0v) is 17.7. The highest BCUT2D eigenvalue weighted by Crippen LogP contribution is 2.33. The molecule has 1 atom stereocenters. The van der Waals surface area contributed by atoms with Crippen LogP contribution in [0.3, 0.4) is 0 Å². The molecule has 0 unspecified atom stereocenters. The van der Waals surface area contributed by atoms with Crippen LogP contribution in [0.4, 0.5) is 0 Å². The molecule has 0 aliphatic rings. The number of unbranched alkanes of at least 4 members (excludes halogenated alkanes) is 1. The van der Waals surface area contributed by atoms with Crippen molar-refractivity contribution in [3.8, 4) is 0 Å². The van der Waals surface area contributed by atoms with Crippen molar-refractivity contribution in [2.24, 2.45) is 5.41 Å². The molecule has 2 aromatic rings. The highest BCUT2D eigenvalue weighted by molar-refractivity contribution is 5.94. The van der Waals surface area contributed by atoms with Gasteiger partial charge in [0.25, 0.3) is 11.8 Å². The van der Waals surface area contributed by atoms with Crippen LogP contribution in [0.2, 0.25) is 0 Å². The van der Waals surface area contributed by atoms with E-state index in [9.17, 15) is 9.59 Å². The molecule has 29 heavy (non-hydrogen) atoms. The summed E-state index contributed by atoms with van der Waals surface area (Å²) in [6.45, 7) is 5.72. The maximum Gasteiger partial charge on any atom is 0.251 e. The minimum atomic E-state index is -0.0290. The molecule has 0 saturated heterocycles. The van der Waals surface area contributed by atoms with E-state index in [-0.39, 0.29) is 17.2 Å².